The molecule has 19 heteroatoms. The molecule has 0 atom stereocenters. The predicted octanol–water partition coefficient (Wildman–Crippen LogP) is 12.1. The Morgan fingerprint density at radius 3 is 1.42 bits per heavy atom. The van der Waals surface area contributed by atoms with E-state index < -0.39 is 12.7 Å². The van der Waals surface area contributed by atoms with Gasteiger partial charge in [-0.1, -0.05) is 0 Å². The van der Waals surface area contributed by atoms with E-state index in [0.717, 1.165) is 45.6 Å². The van der Waals surface area contributed by atoms with E-state index in [9.17, 15) is 13.2 Å². The van der Waals surface area contributed by atoms with Crippen molar-refractivity contribution < 1.29 is 17.6 Å². The SMILES string of the molecule is Cc1cnc(C)n1C.Cc1cnc(C)n1C(C)C.Cc1cnc(C)o1.Cc1ncc2n1CCC2.Cc1ncc2n1CCCC2.Cc1nccn1C(C)C.Cc1nccn1C1CC1.Cc1nccn1CC(F)(F)F. The monoisotopic (exact) mass is 1010 g/mol. The van der Waals surface area contributed by atoms with Gasteiger partial charge in [0, 0.05) is 130 Å². The van der Waals surface area contributed by atoms with Crippen molar-refractivity contribution in [2.45, 2.75) is 193 Å². The molecule has 0 spiro atoms. The molecule has 8 aromatic heterocycles. The molecular weight excluding hydrogens is 932 g/mol. The summed E-state index contributed by atoms with van der Waals surface area (Å²) in [6.45, 7) is 31.6. The molecule has 2 aliphatic heterocycles. The molecule has 0 aromatic carbocycles. The first-order valence-corrected chi connectivity index (χ1v) is 25.4. The number of oxazole rings is 1. The van der Waals surface area contributed by atoms with Crippen molar-refractivity contribution in [2.75, 3.05) is 0 Å². The van der Waals surface area contributed by atoms with Gasteiger partial charge in [-0.05, 0) is 142 Å². The molecule has 1 aliphatic carbocycles. The highest BCUT2D eigenvalue weighted by molar-refractivity contribution is 5.08. The molecule has 1 fully saturated rings. The van der Waals surface area contributed by atoms with E-state index in [4.69, 9.17) is 4.42 Å². The van der Waals surface area contributed by atoms with Crippen LogP contribution in [0.25, 0.3) is 0 Å². The minimum atomic E-state index is -4.16. The summed E-state index contributed by atoms with van der Waals surface area (Å²) in [5, 5.41) is 0. The first-order chi connectivity index (χ1) is 34.5. The lowest BCUT2D eigenvalue weighted by atomic mass is 10.1. The van der Waals surface area contributed by atoms with Crippen LogP contribution in [0.3, 0.4) is 0 Å². The van der Waals surface area contributed by atoms with Crippen LogP contribution in [0.15, 0.2) is 72.6 Å². The number of aromatic nitrogens is 15. The Morgan fingerprint density at radius 2 is 1.08 bits per heavy atom. The van der Waals surface area contributed by atoms with Crippen molar-refractivity contribution in [1.29, 1.82) is 0 Å². The van der Waals surface area contributed by atoms with Crippen molar-refractivity contribution in [3.05, 3.63) is 143 Å². The molecule has 11 rings (SSSR count). The standard InChI is InChI=1S/C8H12N2.C8H14N2.2C7H10N2.C7H12N2.C6H7F3N2.C6H10N2.C5H7NO/c1-7-9-6-8-4-2-3-5-10(7)8;1-6(2)10-7(3)5-9-8(10)4;1-6-8-4-5-9(6)7-2-3-7;1-6-8-5-7-3-2-4-9(6)7;1-6(2)9-5-4-8-7(9)3;1-5-10-2-3-11(5)4-6(7,8)9;1-5-4-7-6(2)8(5)3;1-4-3-6-5(2)7-4/h6H,2-5H2,1H3;5-6H,1-4H3;4-5,7H,2-3H2,1H3;5H,2-4H2,1H3;4-6H,1-3H3;2-3H,4H2,1H3;4H,1-3H3;3H,1-2H3. The highest BCUT2D eigenvalue weighted by Crippen LogP contribution is 2.35. The van der Waals surface area contributed by atoms with Gasteiger partial charge in [-0.25, -0.2) is 39.9 Å². The van der Waals surface area contributed by atoms with Crippen LogP contribution in [0.4, 0.5) is 13.2 Å². The second-order valence-electron chi connectivity index (χ2n) is 19.2. The van der Waals surface area contributed by atoms with Gasteiger partial charge >= 0.3 is 6.18 Å². The number of alkyl halides is 3. The highest BCUT2D eigenvalue weighted by atomic mass is 19.4. The molecule has 0 unspecified atom stereocenters. The second kappa shape index (κ2) is 28.1. The third-order valence-corrected chi connectivity index (χ3v) is 12.5. The summed E-state index contributed by atoms with van der Waals surface area (Å²) in [7, 11) is 2.01. The normalized spacial score (nSPS) is 13.2. The van der Waals surface area contributed by atoms with Crippen molar-refractivity contribution in [3.63, 3.8) is 0 Å². The molecule has 0 N–H and O–H groups in total. The van der Waals surface area contributed by atoms with Crippen molar-refractivity contribution >= 4 is 0 Å². The average Bonchev–Trinajstić information content (AvgIpc) is 4.16. The Bertz CT molecular complexity index is 2720. The van der Waals surface area contributed by atoms with E-state index in [1.165, 1.54) is 112 Å². The number of hydrogen-bond acceptors (Lipinski definition) is 9. The summed E-state index contributed by atoms with van der Waals surface area (Å²) in [5.41, 5.74) is 5.28. The molecular formula is C54H82F3N15O. The Hall–Kier alpha value is -6.53. The molecule has 8 aromatic rings. The number of fused-ring (bicyclic) bond motifs is 2. The topological polar surface area (TPSA) is 151 Å². The molecule has 10 heterocycles. The van der Waals surface area contributed by atoms with Crippen LogP contribution in [0, 0.1) is 76.2 Å². The van der Waals surface area contributed by atoms with E-state index in [-0.39, 0.29) is 0 Å². The zero-order chi connectivity index (χ0) is 54.0. The molecule has 400 valence electrons. The third-order valence-electron chi connectivity index (χ3n) is 12.5. The van der Waals surface area contributed by atoms with E-state index in [0.29, 0.717) is 17.9 Å². The Kier molecular flexibility index (Phi) is 22.7. The maximum atomic E-state index is 11.8. The van der Waals surface area contributed by atoms with Crippen LogP contribution in [0.5, 0.6) is 0 Å². The molecule has 3 aliphatic rings. The van der Waals surface area contributed by atoms with Crippen LogP contribution in [0.1, 0.15) is 153 Å². The number of nitrogens with zero attached hydrogens (tertiary/aromatic N) is 15. The number of aryl methyl sites for hydroxylation is 13. The van der Waals surface area contributed by atoms with E-state index in [1.807, 2.05) is 92.0 Å². The van der Waals surface area contributed by atoms with Crippen molar-refractivity contribution in [3.8, 4) is 0 Å². The van der Waals surface area contributed by atoms with E-state index in [1.54, 1.807) is 6.20 Å². The smallest absolute Gasteiger partial charge is 0.406 e. The number of halogens is 3. The fourth-order valence-electron chi connectivity index (χ4n) is 8.29. The van der Waals surface area contributed by atoms with Crippen LogP contribution in [-0.4, -0.2) is 78.0 Å². The van der Waals surface area contributed by atoms with Crippen LogP contribution in [0.2, 0.25) is 0 Å². The Balaban J connectivity index is 0.000000181. The number of hydrogen-bond donors (Lipinski definition) is 0. The van der Waals surface area contributed by atoms with Gasteiger partial charge < -0.3 is 36.4 Å². The van der Waals surface area contributed by atoms with Gasteiger partial charge in [-0.15, -0.1) is 0 Å². The Labute approximate surface area is 431 Å². The van der Waals surface area contributed by atoms with Crippen LogP contribution < -0.4 is 0 Å². The first kappa shape index (κ1) is 59.0. The van der Waals surface area contributed by atoms with Gasteiger partial charge in [0.15, 0.2) is 5.89 Å². The zero-order valence-corrected chi connectivity index (χ0v) is 46.4. The number of imidazole rings is 7. The fraction of sp³-hybridized carbons (Fsp3) is 0.556. The number of rotatable bonds is 4. The average molecular weight is 1010 g/mol. The van der Waals surface area contributed by atoms with Crippen LogP contribution in [-0.2, 0) is 39.5 Å². The van der Waals surface area contributed by atoms with E-state index >= 15 is 0 Å². The quantitative estimate of drug-likeness (QED) is 0.168. The molecule has 1 saturated carbocycles. The first-order valence-electron chi connectivity index (χ1n) is 25.4. The molecule has 0 radical (unpaired) electrons. The predicted molar refractivity (Wildman–Crippen MR) is 282 cm³/mol. The maximum Gasteiger partial charge on any atom is 0.406 e. The van der Waals surface area contributed by atoms with Gasteiger partial charge in [0.25, 0.3) is 0 Å². The van der Waals surface area contributed by atoms with Crippen LogP contribution >= 0.6 is 0 Å². The summed E-state index contributed by atoms with van der Waals surface area (Å²) in [6.07, 6.45) is 24.8. The summed E-state index contributed by atoms with van der Waals surface area (Å²) >= 11 is 0. The van der Waals surface area contributed by atoms with Gasteiger partial charge in [0.05, 0.1) is 6.20 Å². The molecule has 73 heavy (non-hydrogen) atoms. The van der Waals surface area contributed by atoms with Gasteiger partial charge in [-0.3, -0.25) is 0 Å². The minimum absolute atomic E-state index is 0.377. The minimum Gasteiger partial charge on any atom is -0.446 e. The summed E-state index contributed by atoms with van der Waals surface area (Å²) in [6, 6.07) is 1.85. The zero-order valence-electron chi connectivity index (χ0n) is 46.4. The van der Waals surface area contributed by atoms with Crippen molar-refractivity contribution in [2.24, 2.45) is 7.05 Å². The lowest BCUT2D eigenvalue weighted by Gasteiger charge is -2.14. The summed E-state index contributed by atoms with van der Waals surface area (Å²) in [5.74, 6) is 8.74. The molecule has 16 nitrogen and oxygen atoms in total. The highest BCUT2D eigenvalue weighted by Gasteiger charge is 2.28. The van der Waals surface area contributed by atoms with Gasteiger partial charge in [0.2, 0.25) is 0 Å². The lowest BCUT2D eigenvalue weighted by molar-refractivity contribution is -0.140. The van der Waals surface area contributed by atoms with E-state index in [2.05, 4.69) is 129 Å². The van der Waals surface area contributed by atoms with Gasteiger partial charge in [0.1, 0.15) is 53.1 Å². The van der Waals surface area contributed by atoms with Crippen molar-refractivity contribution in [1.82, 2.24) is 71.8 Å². The molecule has 0 bridgehead atoms. The summed E-state index contributed by atoms with van der Waals surface area (Å²) < 4.78 is 54.6. The van der Waals surface area contributed by atoms with Gasteiger partial charge in [-0.2, -0.15) is 13.2 Å². The summed E-state index contributed by atoms with van der Waals surface area (Å²) in [4.78, 5) is 32.5. The fourth-order valence-corrected chi connectivity index (χ4v) is 8.29. The molecule has 0 amide bonds. The second-order valence-corrected chi connectivity index (χ2v) is 19.2. The third kappa shape index (κ3) is 19.1. The molecule has 0 saturated heterocycles. The maximum absolute atomic E-state index is 11.8. The largest absolute Gasteiger partial charge is 0.446 e. The Morgan fingerprint density at radius 1 is 0.548 bits per heavy atom. The lowest BCUT2D eigenvalue weighted by Crippen LogP contribution is -2.17.